The maximum absolute atomic E-state index is 9.81. The summed E-state index contributed by atoms with van der Waals surface area (Å²) < 4.78 is 0. The molecule has 0 radical (unpaired) electrons. The smallest absolute Gasteiger partial charge is 0.0887 e. The third-order valence-electron chi connectivity index (χ3n) is 2.67. The molecule has 2 atom stereocenters. The van der Waals surface area contributed by atoms with Gasteiger partial charge in [-0.3, -0.25) is 0 Å². The van der Waals surface area contributed by atoms with Crippen molar-refractivity contribution in [1.82, 2.24) is 0 Å². The van der Waals surface area contributed by atoms with Gasteiger partial charge in [0.05, 0.1) is 5.60 Å². The lowest BCUT2D eigenvalue weighted by atomic mass is 10.1. The van der Waals surface area contributed by atoms with Gasteiger partial charge in [0.2, 0.25) is 0 Å². The van der Waals surface area contributed by atoms with Gasteiger partial charge in [-0.05, 0) is 38.2 Å². The number of allylic oxidation sites excluding steroid dienone is 1. The lowest BCUT2D eigenvalue weighted by molar-refractivity contribution is 0.158. The van der Waals surface area contributed by atoms with Gasteiger partial charge in [-0.15, -0.1) is 0 Å². The van der Waals surface area contributed by atoms with E-state index >= 15 is 0 Å². The molecule has 1 fully saturated rings. The summed E-state index contributed by atoms with van der Waals surface area (Å²) in [5.41, 5.74) is 0.466. The molecule has 2 N–H and O–H groups in total. The molecule has 0 saturated heterocycles. The van der Waals surface area contributed by atoms with Crippen molar-refractivity contribution in [2.24, 2.45) is 5.92 Å². The van der Waals surface area contributed by atoms with E-state index in [4.69, 9.17) is 5.11 Å². The first-order chi connectivity index (χ1) is 5.15. The van der Waals surface area contributed by atoms with Crippen LogP contribution in [0.15, 0.2) is 11.6 Å². The minimum Gasteiger partial charge on any atom is -0.396 e. The van der Waals surface area contributed by atoms with E-state index in [0.717, 1.165) is 18.4 Å². The molecule has 1 aliphatic rings. The quantitative estimate of drug-likeness (QED) is 0.600. The molecular weight excluding hydrogens is 140 g/mol. The standard InChI is InChI=1S/C9H16O2/c1-3-7(2)9(11)6-8(9)4-5-10/h3,8,10-11H,4-6H2,1-2H3/b7-3-. The average Bonchev–Trinajstić information content (AvgIpc) is 2.63. The normalized spacial score (nSPS) is 37.5. The fourth-order valence-corrected chi connectivity index (χ4v) is 1.55. The van der Waals surface area contributed by atoms with Crippen LogP contribution < -0.4 is 0 Å². The Morgan fingerprint density at radius 2 is 2.36 bits per heavy atom. The van der Waals surface area contributed by atoms with Gasteiger partial charge in [0.15, 0.2) is 0 Å². The molecule has 64 valence electrons. The van der Waals surface area contributed by atoms with Crippen LogP contribution in [0, 0.1) is 5.92 Å². The molecule has 2 heteroatoms. The van der Waals surface area contributed by atoms with Crippen LogP contribution in [-0.2, 0) is 0 Å². The van der Waals surface area contributed by atoms with Crippen LogP contribution in [0.4, 0.5) is 0 Å². The minimum atomic E-state index is -0.572. The van der Waals surface area contributed by atoms with Crippen LogP contribution in [-0.4, -0.2) is 22.4 Å². The Bertz CT molecular complexity index is 174. The predicted octanol–water partition coefficient (Wildman–Crippen LogP) is 1.09. The van der Waals surface area contributed by atoms with E-state index in [9.17, 15) is 5.11 Å². The maximum atomic E-state index is 9.81. The van der Waals surface area contributed by atoms with Crippen LogP contribution >= 0.6 is 0 Å². The van der Waals surface area contributed by atoms with Crippen LogP contribution in [0.25, 0.3) is 0 Å². The Labute approximate surface area is 67.6 Å². The summed E-state index contributed by atoms with van der Waals surface area (Å²) in [5.74, 6) is 0.295. The zero-order valence-corrected chi connectivity index (χ0v) is 7.17. The molecule has 1 rings (SSSR count). The van der Waals surface area contributed by atoms with Crippen molar-refractivity contribution >= 4 is 0 Å². The van der Waals surface area contributed by atoms with Crippen molar-refractivity contribution in [3.8, 4) is 0 Å². The highest BCUT2D eigenvalue weighted by atomic mass is 16.3. The highest BCUT2D eigenvalue weighted by Gasteiger charge is 2.52. The first-order valence-corrected chi connectivity index (χ1v) is 4.11. The molecule has 0 aromatic heterocycles. The number of hydrogen-bond donors (Lipinski definition) is 2. The lowest BCUT2D eigenvalue weighted by Gasteiger charge is -2.09. The van der Waals surface area contributed by atoms with Gasteiger partial charge >= 0.3 is 0 Å². The number of hydrogen-bond acceptors (Lipinski definition) is 2. The van der Waals surface area contributed by atoms with Gasteiger partial charge in [-0.1, -0.05) is 6.08 Å². The molecule has 0 bridgehead atoms. The zero-order valence-electron chi connectivity index (χ0n) is 7.17. The summed E-state index contributed by atoms with van der Waals surface area (Å²) in [6.07, 6.45) is 3.49. The summed E-state index contributed by atoms with van der Waals surface area (Å²) in [6, 6.07) is 0. The van der Waals surface area contributed by atoms with Gasteiger partial charge < -0.3 is 10.2 Å². The molecule has 11 heavy (non-hydrogen) atoms. The molecule has 0 spiro atoms. The first-order valence-electron chi connectivity index (χ1n) is 4.11. The van der Waals surface area contributed by atoms with Crippen LogP contribution in [0.3, 0.4) is 0 Å². The van der Waals surface area contributed by atoms with E-state index in [1.165, 1.54) is 0 Å². The van der Waals surface area contributed by atoms with Gasteiger partial charge in [0, 0.05) is 6.61 Å². The highest BCUT2D eigenvalue weighted by Crippen LogP contribution is 2.50. The molecule has 1 aliphatic carbocycles. The Hall–Kier alpha value is -0.340. The Balaban J connectivity index is 2.48. The predicted molar refractivity (Wildman–Crippen MR) is 44.2 cm³/mol. The molecule has 0 aromatic rings. The van der Waals surface area contributed by atoms with Gasteiger partial charge in [-0.25, -0.2) is 0 Å². The van der Waals surface area contributed by atoms with Gasteiger partial charge in [0.25, 0.3) is 0 Å². The number of rotatable bonds is 3. The van der Waals surface area contributed by atoms with Crippen molar-refractivity contribution in [2.45, 2.75) is 32.3 Å². The third-order valence-corrected chi connectivity index (χ3v) is 2.67. The molecule has 0 aromatic carbocycles. The van der Waals surface area contributed by atoms with Crippen molar-refractivity contribution < 1.29 is 10.2 Å². The molecule has 2 unspecified atom stereocenters. The fraction of sp³-hybridized carbons (Fsp3) is 0.778. The second-order valence-corrected chi connectivity index (χ2v) is 3.31. The van der Waals surface area contributed by atoms with E-state index in [1.807, 2.05) is 19.9 Å². The topological polar surface area (TPSA) is 40.5 Å². The second-order valence-electron chi connectivity index (χ2n) is 3.31. The van der Waals surface area contributed by atoms with Crippen LogP contribution in [0.1, 0.15) is 26.7 Å². The first kappa shape index (κ1) is 8.75. The van der Waals surface area contributed by atoms with E-state index in [1.54, 1.807) is 0 Å². The lowest BCUT2D eigenvalue weighted by Crippen LogP contribution is -2.13. The zero-order chi connectivity index (χ0) is 8.48. The number of aliphatic hydroxyl groups is 2. The Morgan fingerprint density at radius 1 is 1.73 bits per heavy atom. The molecule has 1 saturated carbocycles. The van der Waals surface area contributed by atoms with Gasteiger partial charge in [-0.2, -0.15) is 0 Å². The molecule has 0 aliphatic heterocycles. The Kier molecular flexibility index (Phi) is 2.35. The molecule has 2 nitrogen and oxygen atoms in total. The summed E-state index contributed by atoms with van der Waals surface area (Å²) in [7, 11) is 0. The minimum absolute atomic E-state index is 0.184. The van der Waals surface area contributed by atoms with E-state index in [-0.39, 0.29) is 6.61 Å². The highest BCUT2D eigenvalue weighted by molar-refractivity contribution is 5.25. The summed E-state index contributed by atoms with van der Waals surface area (Å²) in [4.78, 5) is 0. The second kappa shape index (κ2) is 2.95. The van der Waals surface area contributed by atoms with Crippen molar-refractivity contribution in [3.63, 3.8) is 0 Å². The van der Waals surface area contributed by atoms with Crippen LogP contribution in [0.5, 0.6) is 0 Å². The van der Waals surface area contributed by atoms with Crippen molar-refractivity contribution in [2.75, 3.05) is 6.61 Å². The fourth-order valence-electron chi connectivity index (χ4n) is 1.55. The van der Waals surface area contributed by atoms with Crippen molar-refractivity contribution in [3.05, 3.63) is 11.6 Å². The summed E-state index contributed by atoms with van der Waals surface area (Å²) in [5, 5.41) is 18.4. The average molecular weight is 156 g/mol. The largest absolute Gasteiger partial charge is 0.396 e. The monoisotopic (exact) mass is 156 g/mol. The van der Waals surface area contributed by atoms with Crippen LogP contribution in [0.2, 0.25) is 0 Å². The summed E-state index contributed by atoms with van der Waals surface area (Å²) in [6.45, 7) is 4.06. The molecule has 0 heterocycles. The third kappa shape index (κ3) is 1.47. The van der Waals surface area contributed by atoms with E-state index < -0.39 is 5.60 Å². The maximum Gasteiger partial charge on any atom is 0.0887 e. The summed E-state index contributed by atoms with van der Waals surface area (Å²) >= 11 is 0. The SMILES string of the molecule is C/C=C(/C)C1(O)CC1CCO. The van der Waals surface area contributed by atoms with Crippen molar-refractivity contribution in [1.29, 1.82) is 0 Å². The molecule has 0 amide bonds. The Morgan fingerprint density at radius 3 is 2.82 bits per heavy atom. The van der Waals surface area contributed by atoms with E-state index in [0.29, 0.717) is 5.92 Å². The van der Waals surface area contributed by atoms with Gasteiger partial charge in [0.1, 0.15) is 0 Å². The number of aliphatic hydroxyl groups excluding tert-OH is 1. The molecular formula is C9H16O2. The van der Waals surface area contributed by atoms with E-state index in [2.05, 4.69) is 0 Å².